The molecular formula is C10H11F2N. The quantitative estimate of drug-likeness (QED) is 0.651. The second-order valence-corrected chi connectivity index (χ2v) is 3.32. The molecule has 1 unspecified atom stereocenters. The van der Waals surface area contributed by atoms with Gasteiger partial charge in [-0.3, -0.25) is 0 Å². The average molecular weight is 183 g/mol. The van der Waals surface area contributed by atoms with Gasteiger partial charge in [-0.25, -0.2) is 8.78 Å². The SMILES string of the molecule is Fc1ccc2c(c1)CCC(F)CN2. The first kappa shape index (κ1) is 8.48. The lowest BCUT2D eigenvalue weighted by Gasteiger charge is -2.06. The predicted molar refractivity (Wildman–Crippen MR) is 48.1 cm³/mol. The van der Waals surface area contributed by atoms with Gasteiger partial charge in [-0.1, -0.05) is 0 Å². The van der Waals surface area contributed by atoms with Crippen molar-refractivity contribution >= 4 is 5.69 Å². The van der Waals surface area contributed by atoms with Crippen LogP contribution in [0.4, 0.5) is 14.5 Å². The van der Waals surface area contributed by atoms with Crippen LogP contribution in [0.2, 0.25) is 0 Å². The lowest BCUT2D eigenvalue weighted by Crippen LogP contribution is -2.12. The van der Waals surface area contributed by atoms with Crippen LogP contribution in [0.1, 0.15) is 12.0 Å². The van der Waals surface area contributed by atoms with E-state index in [0.717, 1.165) is 11.3 Å². The number of rotatable bonds is 0. The van der Waals surface area contributed by atoms with Crippen molar-refractivity contribution in [3.8, 4) is 0 Å². The number of nitrogens with one attached hydrogen (secondary N) is 1. The summed E-state index contributed by atoms with van der Waals surface area (Å²) in [5, 5.41) is 2.96. The Morgan fingerprint density at radius 1 is 1.38 bits per heavy atom. The molecule has 1 aromatic rings. The molecular weight excluding hydrogens is 172 g/mol. The van der Waals surface area contributed by atoms with Crippen LogP contribution in [0.5, 0.6) is 0 Å². The Bertz CT molecular complexity index is 312. The monoisotopic (exact) mass is 183 g/mol. The fourth-order valence-corrected chi connectivity index (χ4v) is 1.58. The lowest BCUT2D eigenvalue weighted by molar-refractivity contribution is 0.333. The smallest absolute Gasteiger partial charge is 0.123 e. The summed E-state index contributed by atoms with van der Waals surface area (Å²) in [6, 6.07) is 4.54. The van der Waals surface area contributed by atoms with Gasteiger partial charge in [0.1, 0.15) is 12.0 Å². The van der Waals surface area contributed by atoms with Crippen LogP contribution in [-0.2, 0) is 6.42 Å². The van der Waals surface area contributed by atoms with E-state index in [1.807, 2.05) is 0 Å². The minimum absolute atomic E-state index is 0.252. The summed E-state index contributed by atoms with van der Waals surface area (Å²) in [4.78, 5) is 0. The maximum Gasteiger partial charge on any atom is 0.123 e. The van der Waals surface area contributed by atoms with Crippen molar-refractivity contribution < 1.29 is 8.78 Å². The van der Waals surface area contributed by atoms with Gasteiger partial charge in [-0.05, 0) is 36.6 Å². The van der Waals surface area contributed by atoms with Gasteiger partial charge < -0.3 is 5.32 Å². The topological polar surface area (TPSA) is 12.0 Å². The van der Waals surface area contributed by atoms with E-state index in [1.165, 1.54) is 12.1 Å². The number of fused-ring (bicyclic) bond motifs is 1. The van der Waals surface area contributed by atoms with Crippen LogP contribution in [0.25, 0.3) is 0 Å². The van der Waals surface area contributed by atoms with E-state index in [9.17, 15) is 8.78 Å². The molecule has 1 aromatic carbocycles. The van der Waals surface area contributed by atoms with Crippen molar-refractivity contribution in [1.82, 2.24) is 0 Å². The van der Waals surface area contributed by atoms with Crippen molar-refractivity contribution in [2.24, 2.45) is 0 Å². The van der Waals surface area contributed by atoms with Gasteiger partial charge >= 0.3 is 0 Å². The van der Waals surface area contributed by atoms with Gasteiger partial charge in [0.25, 0.3) is 0 Å². The molecule has 0 fully saturated rings. The molecule has 1 aliphatic heterocycles. The van der Waals surface area contributed by atoms with Crippen LogP contribution in [0, 0.1) is 5.82 Å². The normalized spacial score (nSPS) is 21.5. The molecule has 0 saturated heterocycles. The summed E-state index contributed by atoms with van der Waals surface area (Å²) in [5.41, 5.74) is 1.74. The summed E-state index contributed by atoms with van der Waals surface area (Å²) in [5.74, 6) is -0.252. The number of halogens is 2. The van der Waals surface area contributed by atoms with Crippen LogP contribution in [0.3, 0.4) is 0 Å². The molecule has 70 valence electrons. The maximum absolute atomic E-state index is 13.0. The highest BCUT2D eigenvalue weighted by Gasteiger charge is 2.14. The summed E-state index contributed by atoms with van der Waals surface area (Å²) in [6.45, 7) is 0.332. The summed E-state index contributed by atoms with van der Waals surface area (Å²) < 4.78 is 25.8. The molecule has 0 bridgehead atoms. The average Bonchev–Trinajstić information content (AvgIpc) is 2.29. The third kappa shape index (κ3) is 1.79. The summed E-state index contributed by atoms with van der Waals surface area (Å²) in [6.07, 6.45) is 0.264. The molecule has 1 aliphatic rings. The zero-order valence-corrected chi connectivity index (χ0v) is 7.19. The molecule has 0 aromatic heterocycles. The van der Waals surface area contributed by atoms with Crippen LogP contribution in [0.15, 0.2) is 18.2 Å². The zero-order chi connectivity index (χ0) is 9.26. The van der Waals surface area contributed by atoms with E-state index in [4.69, 9.17) is 0 Å². The van der Waals surface area contributed by atoms with Crippen LogP contribution >= 0.6 is 0 Å². The molecule has 0 amide bonds. The Morgan fingerprint density at radius 2 is 2.23 bits per heavy atom. The van der Waals surface area contributed by atoms with Crippen LogP contribution in [-0.4, -0.2) is 12.7 Å². The third-order valence-electron chi connectivity index (χ3n) is 2.31. The molecule has 13 heavy (non-hydrogen) atoms. The van der Waals surface area contributed by atoms with E-state index in [-0.39, 0.29) is 5.82 Å². The highest BCUT2D eigenvalue weighted by molar-refractivity contribution is 5.52. The number of benzene rings is 1. The second kappa shape index (κ2) is 3.32. The van der Waals surface area contributed by atoms with Crippen molar-refractivity contribution in [3.05, 3.63) is 29.6 Å². The van der Waals surface area contributed by atoms with E-state index >= 15 is 0 Å². The van der Waals surface area contributed by atoms with Gasteiger partial charge in [0.2, 0.25) is 0 Å². The van der Waals surface area contributed by atoms with Gasteiger partial charge in [0, 0.05) is 12.2 Å². The van der Waals surface area contributed by atoms with Gasteiger partial charge in [0.15, 0.2) is 0 Å². The molecule has 0 aliphatic carbocycles. The first-order valence-corrected chi connectivity index (χ1v) is 4.42. The minimum Gasteiger partial charge on any atom is -0.382 e. The number of anilines is 1. The zero-order valence-electron chi connectivity index (χ0n) is 7.19. The Morgan fingerprint density at radius 3 is 3.08 bits per heavy atom. The fourth-order valence-electron chi connectivity index (χ4n) is 1.58. The van der Waals surface area contributed by atoms with Crippen LogP contribution < -0.4 is 5.32 Å². The summed E-state index contributed by atoms with van der Waals surface area (Å²) in [7, 11) is 0. The van der Waals surface area contributed by atoms with E-state index in [1.54, 1.807) is 6.07 Å². The number of aryl methyl sites for hydroxylation is 1. The Labute approximate surface area is 75.8 Å². The minimum atomic E-state index is -0.824. The first-order valence-electron chi connectivity index (χ1n) is 4.42. The fraction of sp³-hybridized carbons (Fsp3) is 0.400. The van der Waals surface area contributed by atoms with E-state index < -0.39 is 6.17 Å². The molecule has 0 spiro atoms. The summed E-state index contributed by atoms with van der Waals surface area (Å²) >= 11 is 0. The molecule has 1 nitrogen and oxygen atoms in total. The lowest BCUT2D eigenvalue weighted by atomic mass is 10.1. The highest BCUT2D eigenvalue weighted by atomic mass is 19.1. The molecule has 0 radical (unpaired) electrons. The second-order valence-electron chi connectivity index (χ2n) is 3.32. The van der Waals surface area contributed by atoms with Crippen molar-refractivity contribution in [3.63, 3.8) is 0 Å². The molecule has 1 N–H and O–H groups in total. The molecule has 3 heteroatoms. The predicted octanol–water partition coefficient (Wildman–Crippen LogP) is 2.52. The number of hydrogen-bond donors (Lipinski definition) is 1. The number of alkyl halides is 1. The van der Waals surface area contributed by atoms with Gasteiger partial charge in [-0.2, -0.15) is 0 Å². The first-order chi connectivity index (χ1) is 6.25. The van der Waals surface area contributed by atoms with Crippen molar-refractivity contribution in [2.45, 2.75) is 19.0 Å². The maximum atomic E-state index is 13.0. The highest BCUT2D eigenvalue weighted by Crippen LogP contribution is 2.23. The van der Waals surface area contributed by atoms with Gasteiger partial charge in [0.05, 0.1) is 0 Å². The molecule has 0 saturated carbocycles. The molecule has 2 rings (SSSR count). The molecule has 1 heterocycles. The van der Waals surface area contributed by atoms with E-state index in [0.29, 0.717) is 19.4 Å². The Hall–Kier alpha value is -1.12. The largest absolute Gasteiger partial charge is 0.382 e. The Balaban J connectivity index is 2.30. The third-order valence-corrected chi connectivity index (χ3v) is 2.31. The number of hydrogen-bond acceptors (Lipinski definition) is 1. The Kier molecular flexibility index (Phi) is 2.17. The van der Waals surface area contributed by atoms with Crippen molar-refractivity contribution in [1.29, 1.82) is 0 Å². The van der Waals surface area contributed by atoms with Crippen molar-refractivity contribution in [2.75, 3.05) is 11.9 Å². The molecule has 1 atom stereocenters. The van der Waals surface area contributed by atoms with Gasteiger partial charge in [-0.15, -0.1) is 0 Å². The standard InChI is InChI=1S/C10H11F2N/c11-8-3-4-10-7(5-8)1-2-9(12)6-13-10/h3-5,9,13H,1-2,6H2. The van der Waals surface area contributed by atoms with E-state index in [2.05, 4.69) is 5.32 Å².